The summed E-state index contributed by atoms with van der Waals surface area (Å²) in [5, 5.41) is 3.20. The van der Waals surface area contributed by atoms with Crippen LogP contribution in [0, 0.1) is 0 Å². The Hall–Kier alpha value is -2.79. The van der Waals surface area contributed by atoms with Gasteiger partial charge in [0.15, 0.2) is 0 Å². The monoisotopic (exact) mass is 395 g/mol. The van der Waals surface area contributed by atoms with Gasteiger partial charge in [0.2, 0.25) is 0 Å². The van der Waals surface area contributed by atoms with E-state index >= 15 is 0 Å². The number of nitrogens with one attached hydrogen (secondary N) is 1. The summed E-state index contributed by atoms with van der Waals surface area (Å²) >= 11 is 6.15. The number of rotatable bonds is 4. The van der Waals surface area contributed by atoms with E-state index < -0.39 is 6.03 Å². The number of hydrogen-bond donors (Lipinski definition) is 1. The second-order valence-corrected chi connectivity index (χ2v) is 7.52. The highest BCUT2D eigenvalue weighted by Crippen LogP contribution is 2.23. The summed E-state index contributed by atoms with van der Waals surface area (Å²) in [5.41, 5.74) is 3.09. The smallest absolute Gasteiger partial charge is 0.329 e. The fourth-order valence-corrected chi connectivity index (χ4v) is 3.81. The Bertz CT molecular complexity index is 918. The van der Waals surface area contributed by atoms with Crippen molar-refractivity contribution >= 4 is 35.3 Å². The Morgan fingerprint density at radius 2 is 1.68 bits per heavy atom. The van der Waals surface area contributed by atoms with Crippen molar-refractivity contribution in [3.63, 3.8) is 0 Å². The average molecular weight is 396 g/mol. The molecule has 0 radical (unpaired) electrons. The molecule has 2 aromatic carbocycles. The van der Waals surface area contributed by atoms with Gasteiger partial charge in [-0.15, -0.1) is 0 Å². The van der Waals surface area contributed by atoms with Crippen LogP contribution in [0.4, 0.5) is 10.5 Å². The van der Waals surface area contributed by atoms with Gasteiger partial charge in [0.25, 0.3) is 5.91 Å². The van der Waals surface area contributed by atoms with E-state index in [2.05, 4.69) is 22.3 Å². The van der Waals surface area contributed by atoms with Gasteiger partial charge >= 0.3 is 6.03 Å². The molecule has 0 atom stereocenters. The summed E-state index contributed by atoms with van der Waals surface area (Å²) in [6.45, 7) is 2.33. The van der Waals surface area contributed by atoms with Crippen LogP contribution in [0.15, 0.2) is 54.2 Å². The number of urea groups is 1. The molecular formula is C22H22ClN3O2. The molecule has 3 amide bonds. The molecule has 2 heterocycles. The number of imide groups is 1. The maximum absolute atomic E-state index is 12.7. The van der Waals surface area contributed by atoms with Gasteiger partial charge in [-0.3, -0.25) is 9.69 Å². The van der Waals surface area contributed by atoms with Crippen LogP contribution in [0.2, 0.25) is 5.02 Å². The van der Waals surface area contributed by atoms with Crippen molar-refractivity contribution in [2.45, 2.75) is 25.8 Å². The van der Waals surface area contributed by atoms with Gasteiger partial charge in [-0.25, -0.2) is 4.79 Å². The lowest BCUT2D eigenvalue weighted by Crippen LogP contribution is -2.30. The van der Waals surface area contributed by atoms with Crippen LogP contribution in [0.3, 0.4) is 0 Å². The summed E-state index contributed by atoms with van der Waals surface area (Å²) in [5.74, 6) is -0.343. The molecule has 2 fully saturated rings. The number of carbonyl (C=O) groups is 2. The van der Waals surface area contributed by atoms with Gasteiger partial charge in [-0.05, 0) is 54.7 Å². The highest BCUT2D eigenvalue weighted by molar-refractivity contribution is 6.31. The zero-order chi connectivity index (χ0) is 19.5. The molecule has 2 aliphatic rings. The Kier molecular flexibility index (Phi) is 5.35. The number of piperidine rings is 1. The van der Waals surface area contributed by atoms with E-state index in [0.717, 1.165) is 24.2 Å². The number of carbonyl (C=O) groups excluding carboxylic acids is 2. The Morgan fingerprint density at radius 1 is 0.964 bits per heavy atom. The number of amides is 3. The second-order valence-electron chi connectivity index (χ2n) is 7.11. The molecule has 0 unspecified atom stereocenters. The van der Waals surface area contributed by atoms with Crippen LogP contribution in [0.5, 0.6) is 0 Å². The molecule has 0 spiro atoms. The lowest BCUT2D eigenvalue weighted by Gasteiger charge is -2.28. The van der Waals surface area contributed by atoms with E-state index in [1.165, 1.54) is 29.8 Å². The highest BCUT2D eigenvalue weighted by atomic mass is 35.5. The maximum Gasteiger partial charge on any atom is 0.329 e. The van der Waals surface area contributed by atoms with Crippen LogP contribution >= 0.6 is 11.6 Å². The molecule has 144 valence electrons. The predicted molar refractivity (Wildman–Crippen MR) is 111 cm³/mol. The van der Waals surface area contributed by atoms with Gasteiger partial charge in [0.05, 0.1) is 6.54 Å². The Balaban J connectivity index is 1.48. The minimum atomic E-state index is -0.430. The van der Waals surface area contributed by atoms with Crippen LogP contribution in [0.25, 0.3) is 6.08 Å². The third kappa shape index (κ3) is 3.90. The molecule has 5 nitrogen and oxygen atoms in total. The standard InChI is InChI=1S/C22H22ClN3O2/c23-19-7-3-2-6-17(19)15-26-21(27)20(24-22(26)28)14-16-8-10-18(11-9-16)25-12-4-1-5-13-25/h2-3,6-11,14H,1,4-5,12-13,15H2,(H,24,28). The van der Waals surface area contributed by atoms with Crippen molar-refractivity contribution in [2.75, 3.05) is 18.0 Å². The molecule has 0 aliphatic carbocycles. The number of benzene rings is 2. The summed E-state index contributed by atoms with van der Waals surface area (Å²) in [4.78, 5) is 28.5. The first kappa shape index (κ1) is 18.6. The first-order chi connectivity index (χ1) is 13.6. The number of halogens is 1. The second kappa shape index (κ2) is 8.07. The van der Waals surface area contributed by atoms with Gasteiger partial charge in [-0.1, -0.05) is 41.9 Å². The summed E-state index contributed by atoms with van der Waals surface area (Å²) in [7, 11) is 0. The van der Waals surface area contributed by atoms with Crippen molar-refractivity contribution in [2.24, 2.45) is 0 Å². The SMILES string of the molecule is O=C1NC(=Cc2ccc(N3CCCCC3)cc2)C(=O)N1Cc1ccccc1Cl. The average Bonchev–Trinajstić information content (AvgIpc) is 2.98. The minimum Gasteiger partial charge on any atom is -0.372 e. The lowest BCUT2D eigenvalue weighted by atomic mass is 10.1. The van der Waals surface area contributed by atoms with Gasteiger partial charge in [0, 0.05) is 23.8 Å². The molecule has 0 saturated carbocycles. The topological polar surface area (TPSA) is 52.7 Å². The third-order valence-corrected chi connectivity index (χ3v) is 5.54. The molecule has 0 bridgehead atoms. The number of anilines is 1. The van der Waals surface area contributed by atoms with E-state index in [1.54, 1.807) is 12.1 Å². The van der Waals surface area contributed by atoms with Crippen molar-refractivity contribution in [3.05, 3.63) is 70.4 Å². The van der Waals surface area contributed by atoms with E-state index in [4.69, 9.17) is 11.6 Å². The number of hydrogen-bond acceptors (Lipinski definition) is 3. The molecule has 1 N–H and O–H groups in total. The van der Waals surface area contributed by atoms with E-state index in [-0.39, 0.29) is 18.1 Å². The van der Waals surface area contributed by atoms with E-state index in [9.17, 15) is 9.59 Å². The van der Waals surface area contributed by atoms with Gasteiger partial charge < -0.3 is 10.2 Å². The number of nitrogens with zero attached hydrogens (tertiary/aromatic N) is 2. The van der Waals surface area contributed by atoms with Crippen LogP contribution < -0.4 is 10.2 Å². The van der Waals surface area contributed by atoms with Gasteiger partial charge in [-0.2, -0.15) is 0 Å². The molecular weight excluding hydrogens is 374 g/mol. The first-order valence-corrected chi connectivity index (χ1v) is 9.92. The maximum atomic E-state index is 12.7. The molecule has 0 aromatic heterocycles. The summed E-state index contributed by atoms with van der Waals surface area (Å²) in [6.07, 6.45) is 5.47. The molecule has 2 aliphatic heterocycles. The quantitative estimate of drug-likeness (QED) is 0.615. The van der Waals surface area contributed by atoms with Crippen LogP contribution in [-0.4, -0.2) is 29.9 Å². The van der Waals surface area contributed by atoms with Crippen molar-refractivity contribution in [1.29, 1.82) is 0 Å². The molecule has 2 aromatic rings. The Labute approximate surface area is 169 Å². The normalized spacial score (nSPS) is 18.7. The van der Waals surface area contributed by atoms with Crippen LogP contribution in [0.1, 0.15) is 30.4 Å². The van der Waals surface area contributed by atoms with Crippen molar-refractivity contribution in [3.8, 4) is 0 Å². The molecule has 28 heavy (non-hydrogen) atoms. The van der Waals surface area contributed by atoms with Crippen LogP contribution in [-0.2, 0) is 11.3 Å². The van der Waals surface area contributed by atoms with Crippen molar-refractivity contribution in [1.82, 2.24) is 10.2 Å². The summed E-state index contributed by atoms with van der Waals surface area (Å²) in [6, 6.07) is 14.9. The minimum absolute atomic E-state index is 0.148. The first-order valence-electron chi connectivity index (χ1n) is 9.55. The summed E-state index contributed by atoms with van der Waals surface area (Å²) < 4.78 is 0. The highest BCUT2D eigenvalue weighted by Gasteiger charge is 2.33. The fraction of sp³-hybridized carbons (Fsp3) is 0.273. The molecule has 4 rings (SSSR count). The largest absolute Gasteiger partial charge is 0.372 e. The third-order valence-electron chi connectivity index (χ3n) is 5.17. The van der Waals surface area contributed by atoms with Crippen molar-refractivity contribution < 1.29 is 9.59 Å². The lowest BCUT2D eigenvalue weighted by molar-refractivity contribution is -0.123. The molecule has 2 saturated heterocycles. The van der Waals surface area contributed by atoms with E-state index in [1.807, 2.05) is 30.3 Å². The van der Waals surface area contributed by atoms with E-state index in [0.29, 0.717) is 5.02 Å². The fourth-order valence-electron chi connectivity index (χ4n) is 3.61. The zero-order valence-corrected chi connectivity index (χ0v) is 16.3. The molecule has 6 heteroatoms. The zero-order valence-electron chi connectivity index (χ0n) is 15.5. The van der Waals surface area contributed by atoms with Gasteiger partial charge in [0.1, 0.15) is 5.70 Å². The Morgan fingerprint density at radius 3 is 2.39 bits per heavy atom. The predicted octanol–water partition coefficient (Wildman–Crippen LogP) is 4.42.